The SMILES string of the molecule is CC(=O)N1CCC(CCC(=O)c2ccc3c(c2)CCN(Cc2ccc(C)cc2)CC3)CC1. The number of amides is 1. The smallest absolute Gasteiger partial charge is 0.219 e. The van der Waals surface area contributed by atoms with Gasteiger partial charge in [0.2, 0.25) is 5.91 Å². The Balaban J connectivity index is 1.29. The van der Waals surface area contributed by atoms with E-state index in [1.165, 1.54) is 22.3 Å². The van der Waals surface area contributed by atoms with E-state index in [9.17, 15) is 9.59 Å². The second-order valence-electron chi connectivity index (χ2n) is 9.66. The minimum Gasteiger partial charge on any atom is -0.343 e. The molecule has 0 bridgehead atoms. The molecular formula is C28H36N2O2. The molecular weight excluding hydrogens is 396 g/mol. The summed E-state index contributed by atoms with van der Waals surface area (Å²) in [7, 11) is 0. The second-order valence-corrected chi connectivity index (χ2v) is 9.66. The number of hydrogen-bond acceptors (Lipinski definition) is 3. The van der Waals surface area contributed by atoms with Crippen molar-refractivity contribution in [3.05, 3.63) is 70.3 Å². The third-order valence-corrected chi connectivity index (χ3v) is 7.29. The molecule has 0 spiro atoms. The zero-order valence-electron chi connectivity index (χ0n) is 19.6. The first-order valence-electron chi connectivity index (χ1n) is 12.2. The molecule has 0 unspecified atom stereocenters. The molecule has 2 heterocycles. The first-order chi connectivity index (χ1) is 15.5. The number of carbonyl (C=O) groups excluding carboxylic acids is 2. The highest BCUT2D eigenvalue weighted by atomic mass is 16.2. The highest BCUT2D eigenvalue weighted by Crippen LogP contribution is 2.24. The highest BCUT2D eigenvalue weighted by molar-refractivity contribution is 5.96. The van der Waals surface area contributed by atoms with Gasteiger partial charge in [-0.3, -0.25) is 14.5 Å². The van der Waals surface area contributed by atoms with Gasteiger partial charge in [-0.25, -0.2) is 0 Å². The summed E-state index contributed by atoms with van der Waals surface area (Å²) in [5.41, 5.74) is 6.28. The normalized spacial score (nSPS) is 17.6. The van der Waals surface area contributed by atoms with Crippen molar-refractivity contribution in [2.24, 2.45) is 5.92 Å². The van der Waals surface area contributed by atoms with Gasteiger partial charge in [0, 0.05) is 51.6 Å². The lowest BCUT2D eigenvalue weighted by atomic mass is 9.89. The van der Waals surface area contributed by atoms with Gasteiger partial charge in [-0.15, -0.1) is 0 Å². The molecule has 0 radical (unpaired) electrons. The molecule has 0 N–H and O–H groups in total. The van der Waals surface area contributed by atoms with Gasteiger partial charge >= 0.3 is 0 Å². The van der Waals surface area contributed by atoms with Crippen LogP contribution in [0.1, 0.15) is 65.2 Å². The molecule has 4 nitrogen and oxygen atoms in total. The Kier molecular flexibility index (Phi) is 7.41. The Labute approximate surface area is 192 Å². The molecule has 2 aliphatic heterocycles. The molecule has 32 heavy (non-hydrogen) atoms. The second kappa shape index (κ2) is 10.4. The van der Waals surface area contributed by atoms with Gasteiger partial charge in [0.25, 0.3) is 0 Å². The number of ketones is 1. The third kappa shape index (κ3) is 5.86. The van der Waals surface area contributed by atoms with Crippen LogP contribution < -0.4 is 0 Å². The fraction of sp³-hybridized carbons (Fsp3) is 0.500. The van der Waals surface area contributed by atoms with Gasteiger partial charge in [0.05, 0.1) is 0 Å². The van der Waals surface area contributed by atoms with Crippen molar-refractivity contribution < 1.29 is 9.59 Å². The monoisotopic (exact) mass is 432 g/mol. The molecule has 1 fully saturated rings. The lowest BCUT2D eigenvalue weighted by molar-refractivity contribution is -0.130. The summed E-state index contributed by atoms with van der Waals surface area (Å²) in [4.78, 5) is 28.8. The van der Waals surface area contributed by atoms with Crippen molar-refractivity contribution in [2.75, 3.05) is 26.2 Å². The molecule has 0 aromatic heterocycles. The zero-order chi connectivity index (χ0) is 22.5. The van der Waals surface area contributed by atoms with Crippen molar-refractivity contribution in [3.8, 4) is 0 Å². The highest BCUT2D eigenvalue weighted by Gasteiger charge is 2.22. The first-order valence-corrected chi connectivity index (χ1v) is 12.2. The van der Waals surface area contributed by atoms with E-state index in [2.05, 4.69) is 48.2 Å². The summed E-state index contributed by atoms with van der Waals surface area (Å²) in [6.07, 6.45) is 5.65. The summed E-state index contributed by atoms with van der Waals surface area (Å²) in [5, 5.41) is 0. The fourth-order valence-corrected chi connectivity index (χ4v) is 5.07. The number of rotatable bonds is 6. The minimum absolute atomic E-state index is 0.168. The van der Waals surface area contributed by atoms with Crippen LogP contribution in [0.2, 0.25) is 0 Å². The Morgan fingerprint density at radius 2 is 1.59 bits per heavy atom. The molecule has 4 rings (SSSR count). The van der Waals surface area contributed by atoms with Gasteiger partial charge in [-0.05, 0) is 67.7 Å². The largest absolute Gasteiger partial charge is 0.343 e. The van der Waals surface area contributed by atoms with E-state index in [1.54, 1.807) is 6.92 Å². The van der Waals surface area contributed by atoms with Crippen LogP contribution in [0.5, 0.6) is 0 Å². The van der Waals surface area contributed by atoms with Gasteiger partial charge in [-0.1, -0.05) is 42.0 Å². The number of Topliss-reactive ketones (excluding diaryl/α,β-unsaturated/α-hetero) is 1. The number of likely N-dealkylation sites (tertiary alicyclic amines) is 1. The average Bonchev–Trinajstić information content (AvgIpc) is 3.01. The molecule has 1 amide bonds. The number of carbonyl (C=O) groups is 2. The molecule has 0 aliphatic carbocycles. The van der Waals surface area contributed by atoms with E-state index in [-0.39, 0.29) is 11.7 Å². The van der Waals surface area contributed by atoms with Crippen LogP contribution in [0.15, 0.2) is 42.5 Å². The van der Waals surface area contributed by atoms with E-state index in [0.29, 0.717) is 12.3 Å². The van der Waals surface area contributed by atoms with Crippen molar-refractivity contribution in [2.45, 2.75) is 58.9 Å². The van der Waals surface area contributed by atoms with E-state index in [1.807, 2.05) is 11.0 Å². The lowest BCUT2D eigenvalue weighted by Crippen LogP contribution is -2.37. The van der Waals surface area contributed by atoms with E-state index < -0.39 is 0 Å². The predicted molar refractivity (Wildman–Crippen MR) is 129 cm³/mol. The summed E-state index contributed by atoms with van der Waals surface area (Å²) >= 11 is 0. The van der Waals surface area contributed by atoms with Gasteiger partial charge in [0.15, 0.2) is 5.78 Å². The maximum Gasteiger partial charge on any atom is 0.219 e. The molecule has 0 atom stereocenters. The molecule has 2 aromatic rings. The fourth-order valence-electron chi connectivity index (χ4n) is 5.07. The summed E-state index contributed by atoms with van der Waals surface area (Å²) < 4.78 is 0. The predicted octanol–water partition coefficient (Wildman–Crippen LogP) is 4.82. The van der Waals surface area contributed by atoms with Crippen LogP contribution >= 0.6 is 0 Å². The maximum absolute atomic E-state index is 12.9. The summed E-state index contributed by atoms with van der Waals surface area (Å²) in [6.45, 7) is 8.54. The standard InChI is InChI=1S/C28H36N2O2/c1-21-3-5-24(6-4-21)20-29-15-13-25-8-9-27(19-26(25)14-16-29)28(32)10-7-23-11-17-30(18-12-23)22(2)31/h3-6,8-9,19,23H,7,10-18,20H2,1-2H3. The van der Waals surface area contributed by atoms with E-state index >= 15 is 0 Å². The summed E-state index contributed by atoms with van der Waals surface area (Å²) in [5.74, 6) is 0.996. The van der Waals surface area contributed by atoms with Crippen LogP contribution in [0.4, 0.5) is 0 Å². The molecule has 4 heteroatoms. The quantitative estimate of drug-likeness (QED) is 0.615. The number of aryl methyl sites for hydroxylation is 1. The van der Waals surface area contributed by atoms with Crippen LogP contribution in [-0.2, 0) is 24.2 Å². The maximum atomic E-state index is 12.9. The zero-order valence-corrected chi connectivity index (χ0v) is 19.6. The number of fused-ring (bicyclic) bond motifs is 1. The van der Waals surface area contributed by atoms with Crippen molar-refractivity contribution in [1.29, 1.82) is 0 Å². The average molecular weight is 433 g/mol. The minimum atomic E-state index is 0.168. The van der Waals surface area contributed by atoms with Crippen molar-refractivity contribution in [1.82, 2.24) is 9.80 Å². The van der Waals surface area contributed by atoms with Gasteiger partial charge < -0.3 is 4.90 Å². The molecule has 2 aromatic carbocycles. The van der Waals surface area contributed by atoms with Crippen molar-refractivity contribution >= 4 is 11.7 Å². The Morgan fingerprint density at radius 3 is 2.28 bits per heavy atom. The molecule has 2 aliphatic rings. The van der Waals surface area contributed by atoms with Crippen LogP contribution in [0, 0.1) is 12.8 Å². The molecule has 0 saturated carbocycles. The number of nitrogens with zero attached hydrogens (tertiary/aromatic N) is 2. The van der Waals surface area contributed by atoms with Crippen molar-refractivity contribution in [3.63, 3.8) is 0 Å². The molecule has 170 valence electrons. The molecule has 1 saturated heterocycles. The van der Waals surface area contributed by atoms with E-state index in [0.717, 1.165) is 70.4 Å². The Bertz CT molecular complexity index is 942. The topological polar surface area (TPSA) is 40.6 Å². The lowest BCUT2D eigenvalue weighted by Gasteiger charge is -2.31. The van der Waals surface area contributed by atoms with Crippen LogP contribution in [0.3, 0.4) is 0 Å². The third-order valence-electron chi connectivity index (χ3n) is 7.29. The first kappa shape index (κ1) is 22.7. The Hall–Kier alpha value is -2.46. The van der Waals surface area contributed by atoms with E-state index in [4.69, 9.17) is 0 Å². The Morgan fingerprint density at radius 1 is 0.906 bits per heavy atom. The van der Waals surface area contributed by atoms with Crippen LogP contribution in [-0.4, -0.2) is 47.7 Å². The van der Waals surface area contributed by atoms with Gasteiger partial charge in [-0.2, -0.15) is 0 Å². The number of hydrogen-bond donors (Lipinski definition) is 0. The van der Waals surface area contributed by atoms with Gasteiger partial charge in [0.1, 0.15) is 0 Å². The van der Waals surface area contributed by atoms with Crippen LogP contribution in [0.25, 0.3) is 0 Å². The summed E-state index contributed by atoms with van der Waals surface area (Å²) in [6, 6.07) is 15.2. The number of benzene rings is 2. The number of piperidine rings is 1.